The summed E-state index contributed by atoms with van der Waals surface area (Å²) in [7, 11) is 0. The van der Waals surface area contributed by atoms with E-state index in [1.54, 1.807) is 0 Å². The van der Waals surface area contributed by atoms with Crippen molar-refractivity contribution in [1.29, 1.82) is 0 Å². The summed E-state index contributed by atoms with van der Waals surface area (Å²) < 4.78 is 16.6. The van der Waals surface area contributed by atoms with Gasteiger partial charge in [-0.25, -0.2) is 0 Å². The smallest absolute Gasteiger partial charge is 0.306 e. The number of unbranched alkanes of at least 4 members (excludes halogenated alkanes) is 33. The topological polar surface area (TPSA) is 78.9 Å². The lowest BCUT2D eigenvalue weighted by atomic mass is 10.0. The normalized spacial score (nSPS) is 12.1. The fourth-order valence-corrected chi connectivity index (χ4v) is 7.71. The molecule has 0 aromatic heterocycles. The molecule has 352 valence electrons. The molecule has 0 aliphatic rings. The molecule has 0 radical (unpaired) electrons. The van der Waals surface area contributed by atoms with Crippen LogP contribution in [0.5, 0.6) is 0 Å². The number of allylic oxidation sites excluding steroid dienone is 4. The number of rotatable bonds is 48. The second kappa shape index (κ2) is 49.5. The van der Waals surface area contributed by atoms with Crippen molar-refractivity contribution >= 4 is 17.9 Å². The summed E-state index contributed by atoms with van der Waals surface area (Å²) in [4.78, 5) is 37.4. The number of carbonyl (C=O) groups is 3. The summed E-state index contributed by atoms with van der Waals surface area (Å²) in [6.45, 7) is 6.53. The van der Waals surface area contributed by atoms with Crippen molar-refractivity contribution in [3.8, 4) is 0 Å². The van der Waals surface area contributed by atoms with Gasteiger partial charge >= 0.3 is 17.9 Å². The van der Waals surface area contributed by atoms with Crippen LogP contribution in [0.3, 0.4) is 0 Å². The number of ether oxygens (including phenoxy) is 3. The zero-order valence-electron chi connectivity index (χ0n) is 40.2. The first kappa shape index (κ1) is 57.9. The fourth-order valence-electron chi connectivity index (χ4n) is 7.71. The van der Waals surface area contributed by atoms with Crippen molar-refractivity contribution in [2.75, 3.05) is 13.2 Å². The van der Waals surface area contributed by atoms with E-state index in [0.29, 0.717) is 19.3 Å². The van der Waals surface area contributed by atoms with Gasteiger partial charge in [0.25, 0.3) is 0 Å². The highest BCUT2D eigenvalue weighted by Gasteiger charge is 2.19. The summed E-state index contributed by atoms with van der Waals surface area (Å²) in [5.41, 5.74) is 0. The average Bonchev–Trinajstić information content (AvgIpc) is 3.24. The first-order valence-electron chi connectivity index (χ1n) is 26.3. The molecule has 1 unspecified atom stereocenters. The molecule has 6 nitrogen and oxygen atoms in total. The number of esters is 3. The van der Waals surface area contributed by atoms with E-state index in [9.17, 15) is 14.4 Å². The molecule has 0 aliphatic carbocycles. The SMILES string of the molecule is CCCCCCC/C=C\C/C=C\CCCCCCCCCCCCCCCCCCCC(=O)OCC(COC(=O)CCCCCCC)OC(=O)CCCCCCCCCC. The van der Waals surface area contributed by atoms with Crippen LogP contribution in [0.4, 0.5) is 0 Å². The van der Waals surface area contributed by atoms with Gasteiger partial charge in [-0.2, -0.15) is 0 Å². The van der Waals surface area contributed by atoms with Gasteiger partial charge in [-0.1, -0.05) is 238 Å². The minimum atomic E-state index is -0.759. The third-order valence-corrected chi connectivity index (χ3v) is 11.7. The molecule has 0 rings (SSSR count). The molecule has 0 bridgehead atoms. The molecular formula is C54H100O6. The summed E-state index contributed by atoms with van der Waals surface area (Å²) in [6.07, 6.45) is 56.7. The lowest BCUT2D eigenvalue weighted by Gasteiger charge is -2.18. The third kappa shape index (κ3) is 46.9. The minimum absolute atomic E-state index is 0.0674. The molecule has 0 aromatic rings. The third-order valence-electron chi connectivity index (χ3n) is 11.7. The lowest BCUT2D eigenvalue weighted by Crippen LogP contribution is -2.30. The van der Waals surface area contributed by atoms with Crippen molar-refractivity contribution < 1.29 is 28.6 Å². The zero-order valence-corrected chi connectivity index (χ0v) is 40.2. The van der Waals surface area contributed by atoms with Crippen LogP contribution in [0.2, 0.25) is 0 Å². The number of hydrogen-bond acceptors (Lipinski definition) is 6. The monoisotopic (exact) mass is 845 g/mol. The second-order valence-electron chi connectivity index (χ2n) is 17.8. The summed E-state index contributed by atoms with van der Waals surface area (Å²) in [5.74, 6) is -0.876. The molecule has 0 saturated heterocycles. The highest BCUT2D eigenvalue weighted by atomic mass is 16.6. The fraction of sp³-hybridized carbons (Fsp3) is 0.870. The van der Waals surface area contributed by atoms with Crippen LogP contribution in [0, 0.1) is 0 Å². The van der Waals surface area contributed by atoms with E-state index in [4.69, 9.17) is 14.2 Å². The van der Waals surface area contributed by atoms with Crippen LogP contribution in [-0.2, 0) is 28.6 Å². The van der Waals surface area contributed by atoms with Crippen molar-refractivity contribution in [2.45, 2.75) is 290 Å². The molecule has 6 heteroatoms. The van der Waals surface area contributed by atoms with Gasteiger partial charge in [-0.05, 0) is 51.4 Å². The Bertz CT molecular complexity index is 973. The molecule has 0 heterocycles. The zero-order chi connectivity index (χ0) is 43.7. The number of hydrogen-bond donors (Lipinski definition) is 0. The predicted octanol–water partition coefficient (Wildman–Crippen LogP) is 17.2. The predicted molar refractivity (Wildman–Crippen MR) is 256 cm³/mol. The first-order chi connectivity index (χ1) is 29.5. The molecule has 0 aliphatic heterocycles. The van der Waals surface area contributed by atoms with Gasteiger partial charge in [0.15, 0.2) is 6.10 Å². The van der Waals surface area contributed by atoms with Crippen LogP contribution in [-0.4, -0.2) is 37.2 Å². The highest BCUT2D eigenvalue weighted by Crippen LogP contribution is 2.16. The van der Waals surface area contributed by atoms with E-state index in [1.165, 1.54) is 173 Å². The van der Waals surface area contributed by atoms with Crippen molar-refractivity contribution in [2.24, 2.45) is 0 Å². The van der Waals surface area contributed by atoms with Crippen molar-refractivity contribution in [3.05, 3.63) is 24.3 Å². The molecule has 0 aromatic carbocycles. The Balaban J connectivity index is 3.85. The Morgan fingerprint density at radius 3 is 0.917 bits per heavy atom. The molecule has 0 fully saturated rings. The maximum Gasteiger partial charge on any atom is 0.306 e. The Hall–Kier alpha value is -2.11. The highest BCUT2D eigenvalue weighted by molar-refractivity contribution is 5.71. The molecular weight excluding hydrogens is 745 g/mol. The summed E-state index contributed by atoms with van der Waals surface area (Å²) >= 11 is 0. The van der Waals surface area contributed by atoms with E-state index in [0.717, 1.165) is 70.6 Å². The van der Waals surface area contributed by atoms with Crippen LogP contribution in [0.25, 0.3) is 0 Å². The van der Waals surface area contributed by atoms with Crippen molar-refractivity contribution in [3.63, 3.8) is 0 Å². The van der Waals surface area contributed by atoms with Gasteiger partial charge in [-0.15, -0.1) is 0 Å². The molecule has 0 saturated carbocycles. The molecule has 0 N–H and O–H groups in total. The van der Waals surface area contributed by atoms with E-state index < -0.39 is 6.10 Å². The standard InChI is InChI=1S/C54H100O6/c1-4-7-10-13-15-17-18-19-20-21-22-23-24-25-26-27-28-29-30-31-32-33-34-35-36-37-39-41-44-47-53(56)59-50-51(49-58-52(55)46-43-40-12-9-6-3)60-54(57)48-45-42-38-16-14-11-8-5-2/h18-19,21-22,51H,4-17,20,23-50H2,1-3H3/b19-18-,22-21-. The quantitative estimate of drug-likeness (QED) is 0.0263. The van der Waals surface area contributed by atoms with Gasteiger partial charge in [0, 0.05) is 19.3 Å². The average molecular weight is 845 g/mol. The van der Waals surface area contributed by atoms with Gasteiger partial charge in [-0.3, -0.25) is 14.4 Å². The largest absolute Gasteiger partial charge is 0.462 e. The van der Waals surface area contributed by atoms with E-state index >= 15 is 0 Å². The van der Waals surface area contributed by atoms with Crippen LogP contribution in [0.15, 0.2) is 24.3 Å². The molecule has 0 amide bonds. The Morgan fingerprint density at radius 1 is 0.333 bits per heavy atom. The van der Waals surface area contributed by atoms with E-state index in [2.05, 4.69) is 45.1 Å². The van der Waals surface area contributed by atoms with Gasteiger partial charge in [0.2, 0.25) is 0 Å². The first-order valence-corrected chi connectivity index (χ1v) is 26.3. The van der Waals surface area contributed by atoms with Gasteiger partial charge in [0.05, 0.1) is 0 Å². The van der Waals surface area contributed by atoms with E-state index in [-0.39, 0.29) is 31.1 Å². The molecule has 60 heavy (non-hydrogen) atoms. The molecule has 1 atom stereocenters. The molecule has 0 spiro atoms. The summed E-state index contributed by atoms with van der Waals surface area (Å²) in [5, 5.41) is 0. The van der Waals surface area contributed by atoms with Gasteiger partial charge in [0.1, 0.15) is 13.2 Å². The maximum absolute atomic E-state index is 12.6. The maximum atomic E-state index is 12.6. The minimum Gasteiger partial charge on any atom is -0.462 e. The van der Waals surface area contributed by atoms with Crippen LogP contribution in [0.1, 0.15) is 284 Å². The van der Waals surface area contributed by atoms with Crippen LogP contribution < -0.4 is 0 Å². The van der Waals surface area contributed by atoms with Crippen LogP contribution >= 0.6 is 0 Å². The number of carbonyl (C=O) groups excluding carboxylic acids is 3. The van der Waals surface area contributed by atoms with E-state index in [1.807, 2.05) is 0 Å². The Morgan fingerprint density at radius 2 is 0.600 bits per heavy atom. The van der Waals surface area contributed by atoms with Gasteiger partial charge < -0.3 is 14.2 Å². The second-order valence-corrected chi connectivity index (χ2v) is 17.8. The summed E-state index contributed by atoms with van der Waals surface area (Å²) in [6, 6.07) is 0. The Kier molecular flexibility index (Phi) is 47.8. The Labute approximate surface area is 373 Å². The lowest BCUT2D eigenvalue weighted by molar-refractivity contribution is -0.167. The van der Waals surface area contributed by atoms with Crippen molar-refractivity contribution in [1.82, 2.24) is 0 Å².